The highest BCUT2D eigenvalue weighted by Gasteiger charge is 2.22. The van der Waals surface area contributed by atoms with E-state index in [2.05, 4.69) is 20.9 Å². The zero-order valence-electron chi connectivity index (χ0n) is 14.6. The molecule has 132 valence electrons. The molecule has 1 aromatic carbocycles. The first-order chi connectivity index (χ1) is 11.7. The van der Waals surface area contributed by atoms with E-state index in [1.165, 1.54) is 0 Å². The lowest BCUT2D eigenvalue weighted by Gasteiger charge is -2.11. The van der Waals surface area contributed by atoms with Gasteiger partial charge in [0.2, 0.25) is 5.91 Å². The average molecular weight is 332 g/mol. The van der Waals surface area contributed by atoms with Crippen LogP contribution in [0.5, 0.6) is 5.75 Å². The van der Waals surface area contributed by atoms with Crippen LogP contribution in [0.3, 0.4) is 0 Å². The summed E-state index contributed by atoms with van der Waals surface area (Å²) in [5.41, 5.74) is 1.09. The van der Waals surface area contributed by atoms with Crippen LogP contribution in [0.25, 0.3) is 0 Å². The Labute approximate surface area is 144 Å². The van der Waals surface area contributed by atoms with Crippen LogP contribution in [0.15, 0.2) is 29.3 Å². The largest absolute Gasteiger partial charge is 0.497 e. The van der Waals surface area contributed by atoms with Crippen molar-refractivity contribution >= 4 is 11.9 Å². The van der Waals surface area contributed by atoms with Gasteiger partial charge in [-0.05, 0) is 43.9 Å². The molecule has 0 spiro atoms. The number of amides is 1. The van der Waals surface area contributed by atoms with Crippen molar-refractivity contribution in [3.63, 3.8) is 0 Å². The van der Waals surface area contributed by atoms with E-state index in [1.54, 1.807) is 7.11 Å². The topological polar surface area (TPSA) is 74.8 Å². The van der Waals surface area contributed by atoms with Gasteiger partial charge in [0.05, 0.1) is 13.7 Å². The lowest BCUT2D eigenvalue weighted by Crippen LogP contribution is -2.38. The number of aliphatic imine (C=N–C) groups is 1. The fourth-order valence-corrected chi connectivity index (χ4v) is 2.27. The summed E-state index contributed by atoms with van der Waals surface area (Å²) >= 11 is 0. The Morgan fingerprint density at radius 3 is 2.88 bits per heavy atom. The number of nitrogens with one attached hydrogen (secondary N) is 3. The van der Waals surface area contributed by atoms with Gasteiger partial charge < -0.3 is 20.7 Å². The molecule has 1 aliphatic rings. The Morgan fingerprint density at radius 1 is 1.33 bits per heavy atom. The van der Waals surface area contributed by atoms with Gasteiger partial charge >= 0.3 is 0 Å². The van der Waals surface area contributed by atoms with Gasteiger partial charge in [0, 0.05) is 25.6 Å². The number of ether oxygens (including phenoxy) is 1. The van der Waals surface area contributed by atoms with Crippen molar-refractivity contribution in [1.82, 2.24) is 16.0 Å². The quantitative estimate of drug-likeness (QED) is 0.366. The first-order valence-electron chi connectivity index (χ1n) is 8.65. The number of hydrogen-bond donors (Lipinski definition) is 3. The SMILES string of the molecule is CCNC(=NCc1cccc(OC)c1)NCCCC(=O)NC1CC1. The first kappa shape index (κ1) is 18.1. The standard InChI is InChI=1S/C18H28N4O2/c1-3-19-18(20-11-5-8-17(23)22-15-9-10-15)21-13-14-6-4-7-16(12-14)24-2/h4,6-7,12,15H,3,5,8-11,13H2,1-2H3,(H,22,23)(H2,19,20,21). The summed E-state index contributed by atoms with van der Waals surface area (Å²) in [5, 5.41) is 9.49. The van der Waals surface area contributed by atoms with Crippen LogP contribution < -0.4 is 20.7 Å². The van der Waals surface area contributed by atoms with Crippen LogP contribution in [0, 0.1) is 0 Å². The molecule has 1 aromatic rings. The number of carbonyl (C=O) groups is 1. The van der Waals surface area contributed by atoms with Gasteiger partial charge in [0.1, 0.15) is 5.75 Å². The Bertz CT molecular complexity index is 556. The number of methoxy groups -OCH3 is 1. The van der Waals surface area contributed by atoms with Crippen LogP contribution in [0.2, 0.25) is 0 Å². The Morgan fingerprint density at radius 2 is 2.17 bits per heavy atom. The molecular formula is C18H28N4O2. The first-order valence-corrected chi connectivity index (χ1v) is 8.65. The molecule has 6 heteroatoms. The molecule has 1 fully saturated rings. The average Bonchev–Trinajstić information content (AvgIpc) is 3.40. The smallest absolute Gasteiger partial charge is 0.220 e. The van der Waals surface area contributed by atoms with E-state index in [4.69, 9.17) is 4.74 Å². The summed E-state index contributed by atoms with van der Waals surface area (Å²) in [7, 11) is 1.66. The highest BCUT2D eigenvalue weighted by atomic mass is 16.5. The molecule has 0 bridgehead atoms. The molecule has 6 nitrogen and oxygen atoms in total. The molecule has 1 amide bonds. The minimum atomic E-state index is 0.151. The van der Waals surface area contributed by atoms with Gasteiger partial charge in [-0.2, -0.15) is 0 Å². The van der Waals surface area contributed by atoms with Crippen molar-refractivity contribution in [3.8, 4) is 5.75 Å². The number of nitrogens with zero attached hydrogens (tertiary/aromatic N) is 1. The summed E-state index contributed by atoms with van der Waals surface area (Å²) in [5.74, 6) is 1.75. The van der Waals surface area contributed by atoms with Gasteiger partial charge in [-0.15, -0.1) is 0 Å². The van der Waals surface area contributed by atoms with Gasteiger partial charge in [0.25, 0.3) is 0 Å². The molecule has 2 rings (SSSR count). The van der Waals surface area contributed by atoms with E-state index in [-0.39, 0.29) is 5.91 Å². The van der Waals surface area contributed by atoms with Crippen molar-refractivity contribution in [2.75, 3.05) is 20.2 Å². The van der Waals surface area contributed by atoms with Gasteiger partial charge in [0.15, 0.2) is 5.96 Å². The summed E-state index contributed by atoms with van der Waals surface area (Å²) in [6.07, 6.45) is 3.61. The van der Waals surface area contributed by atoms with E-state index in [0.717, 1.165) is 49.6 Å². The van der Waals surface area contributed by atoms with E-state index < -0.39 is 0 Å². The molecule has 1 saturated carbocycles. The minimum absolute atomic E-state index is 0.151. The molecule has 0 unspecified atom stereocenters. The molecule has 1 aliphatic carbocycles. The molecule has 0 aromatic heterocycles. The van der Waals surface area contributed by atoms with Gasteiger partial charge in [-0.3, -0.25) is 4.79 Å². The lowest BCUT2D eigenvalue weighted by molar-refractivity contribution is -0.121. The van der Waals surface area contributed by atoms with E-state index in [1.807, 2.05) is 31.2 Å². The zero-order valence-corrected chi connectivity index (χ0v) is 14.6. The summed E-state index contributed by atoms with van der Waals surface area (Å²) in [4.78, 5) is 16.2. The normalized spacial score (nSPS) is 14.2. The van der Waals surface area contributed by atoms with E-state index >= 15 is 0 Å². The number of carbonyl (C=O) groups excluding carboxylic acids is 1. The zero-order chi connectivity index (χ0) is 17.2. The molecule has 0 heterocycles. The van der Waals surface area contributed by atoms with Crippen molar-refractivity contribution in [1.29, 1.82) is 0 Å². The maximum absolute atomic E-state index is 11.6. The number of benzene rings is 1. The maximum atomic E-state index is 11.6. The maximum Gasteiger partial charge on any atom is 0.220 e. The molecule has 0 aliphatic heterocycles. The third-order valence-corrected chi connectivity index (χ3v) is 3.71. The Kier molecular flexibility index (Phi) is 7.39. The van der Waals surface area contributed by atoms with Crippen molar-refractivity contribution < 1.29 is 9.53 Å². The Balaban J connectivity index is 1.73. The number of guanidine groups is 1. The molecule has 0 atom stereocenters. The number of rotatable bonds is 9. The third-order valence-electron chi connectivity index (χ3n) is 3.71. The predicted molar refractivity (Wildman–Crippen MR) is 96.2 cm³/mol. The van der Waals surface area contributed by atoms with Gasteiger partial charge in [-0.25, -0.2) is 4.99 Å². The number of hydrogen-bond acceptors (Lipinski definition) is 3. The lowest BCUT2D eigenvalue weighted by atomic mass is 10.2. The molecular weight excluding hydrogens is 304 g/mol. The fourth-order valence-electron chi connectivity index (χ4n) is 2.27. The van der Waals surface area contributed by atoms with Crippen LogP contribution >= 0.6 is 0 Å². The predicted octanol–water partition coefficient (Wildman–Crippen LogP) is 1.81. The summed E-state index contributed by atoms with van der Waals surface area (Å²) in [6.45, 7) is 4.13. The van der Waals surface area contributed by atoms with E-state index in [9.17, 15) is 4.79 Å². The second kappa shape index (κ2) is 9.80. The second-order valence-corrected chi connectivity index (χ2v) is 5.92. The van der Waals surface area contributed by atoms with Crippen LogP contribution in [-0.2, 0) is 11.3 Å². The van der Waals surface area contributed by atoms with Crippen LogP contribution in [-0.4, -0.2) is 38.1 Å². The highest BCUT2D eigenvalue weighted by molar-refractivity contribution is 5.80. The van der Waals surface area contributed by atoms with Crippen molar-refractivity contribution in [2.24, 2.45) is 4.99 Å². The summed E-state index contributed by atoms with van der Waals surface area (Å²) < 4.78 is 5.23. The van der Waals surface area contributed by atoms with Crippen molar-refractivity contribution in [2.45, 2.75) is 45.2 Å². The highest BCUT2D eigenvalue weighted by Crippen LogP contribution is 2.18. The Hall–Kier alpha value is -2.24. The second-order valence-electron chi connectivity index (χ2n) is 5.92. The van der Waals surface area contributed by atoms with Gasteiger partial charge in [-0.1, -0.05) is 12.1 Å². The molecule has 3 N–H and O–H groups in total. The fraction of sp³-hybridized carbons (Fsp3) is 0.556. The monoisotopic (exact) mass is 332 g/mol. The van der Waals surface area contributed by atoms with E-state index in [0.29, 0.717) is 19.0 Å². The molecule has 24 heavy (non-hydrogen) atoms. The third kappa shape index (κ3) is 6.89. The van der Waals surface area contributed by atoms with Crippen LogP contribution in [0.4, 0.5) is 0 Å². The molecule has 0 saturated heterocycles. The minimum Gasteiger partial charge on any atom is -0.497 e. The van der Waals surface area contributed by atoms with Crippen molar-refractivity contribution in [3.05, 3.63) is 29.8 Å². The summed E-state index contributed by atoms with van der Waals surface area (Å²) in [6, 6.07) is 8.33. The van der Waals surface area contributed by atoms with Crippen LogP contribution in [0.1, 0.15) is 38.2 Å². The molecule has 0 radical (unpaired) electrons.